The summed E-state index contributed by atoms with van der Waals surface area (Å²) in [6.07, 6.45) is 2.42. The summed E-state index contributed by atoms with van der Waals surface area (Å²) in [4.78, 5) is 14.4. The number of benzene rings is 1. The molecule has 2 heterocycles. The van der Waals surface area contributed by atoms with Crippen LogP contribution in [0.25, 0.3) is 0 Å². The molecule has 102 valence electrons. The fourth-order valence-electron chi connectivity index (χ4n) is 3.02. The number of hydrogen-bond acceptors (Lipinski definition) is 2. The van der Waals surface area contributed by atoms with Crippen molar-refractivity contribution in [3.8, 4) is 0 Å². The van der Waals surface area contributed by atoms with Gasteiger partial charge < -0.3 is 10.2 Å². The summed E-state index contributed by atoms with van der Waals surface area (Å²) in [5.74, 6) is 0.648. The first-order valence-corrected chi connectivity index (χ1v) is 7.38. The molecule has 1 aromatic rings. The number of rotatable bonds is 1. The molecule has 0 aromatic heterocycles. The monoisotopic (exact) mass is 298 g/mol. The summed E-state index contributed by atoms with van der Waals surface area (Å²) in [6, 6.07) is 5.53. The molecule has 19 heavy (non-hydrogen) atoms. The summed E-state index contributed by atoms with van der Waals surface area (Å²) in [5, 5.41) is 4.41. The smallest absolute Gasteiger partial charge is 0.253 e. The number of nitrogens with zero attached hydrogens (tertiary/aromatic N) is 1. The van der Waals surface area contributed by atoms with Crippen LogP contribution in [0.5, 0.6) is 0 Å². The number of likely N-dealkylation sites (tertiary alicyclic amines) is 1. The van der Waals surface area contributed by atoms with E-state index in [2.05, 4.69) is 5.32 Å². The number of fused-ring (bicyclic) bond motifs is 1. The molecular weight excluding hydrogens is 283 g/mol. The molecule has 0 saturated carbocycles. The number of carbonyl (C=O) groups is 1. The molecule has 2 aliphatic rings. The van der Waals surface area contributed by atoms with E-state index in [1.54, 1.807) is 18.2 Å². The molecule has 1 amide bonds. The van der Waals surface area contributed by atoms with E-state index in [1.165, 1.54) is 12.8 Å². The van der Waals surface area contributed by atoms with Gasteiger partial charge in [0.05, 0.1) is 10.0 Å². The Morgan fingerprint density at radius 2 is 2.11 bits per heavy atom. The van der Waals surface area contributed by atoms with Crippen molar-refractivity contribution in [1.29, 1.82) is 0 Å². The Morgan fingerprint density at radius 3 is 2.84 bits per heavy atom. The molecule has 2 aliphatic heterocycles. The maximum Gasteiger partial charge on any atom is 0.253 e. The van der Waals surface area contributed by atoms with Gasteiger partial charge >= 0.3 is 0 Å². The minimum absolute atomic E-state index is 0.0507. The zero-order valence-corrected chi connectivity index (χ0v) is 12.0. The van der Waals surface area contributed by atoms with Gasteiger partial charge in [0.25, 0.3) is 5.91 Å². The summed E-state index contributed by atoms with van der Waals surface area (Å²) in [6.45, 7) is 2.70. The van der Waals surface area contributed by atoms with Gasteiger partial charge in [0, 0.05) is 24.7 Å². The molecule has 0 spiro atoms. The van der Waals surface area contributed by atoms with Crippen LogP contribution in [-0.4, -0.2) is 36.5 Å². The van der Waals surface area contributed by atoms with Gasteiger partial charge in [-0.15, -0.1) is 0 Å². The van der Waals surface area contributed by atoms with Gasteiger partial charge in [-0.3, -0.25) is 4.79 Å². The number of nitrogens with one attached hydrogen (secondary N) is 1. The fourth-order valence-corrected chi connectivity index (χ4v) is 3.32. The zero-order chi connectivity index (χ0) is 13.4. The van der Waals surface area contributed by atoms with Crippen molar-refractivity contribution in [2.75, 3.05) is 19.6 Å². The van der Waals surface area contributed by atoms with Crippen LogP contribution in [-0.2, 0) is 0 Å². The van der Waals surface area contributed by atoms with E-state index in [4.69, 9.17) is 23.2 Å². The Morgan fingerprint density at radius 1 is 1.26 bits per heavy atom. The summed E-state index contributed by atoms with van der Waals surface area (Å²) >= 11 is 11.8. The molecule has 0 aliphatic carbocycles. The average molecular weight is 299 g/mol. The molecule has 3 nitrogen and oxygen atoms in total. The number of hydrogen-bond donors (Lipinski definition) is 1. The molecular formula is C14H16Cl2N2O. The molecule has 5 heteroatoms. The standard InChI is InChI=1S/C14H16Cl2N2O/c15-11-4-3-9(6-12(11)16)14(19)18-7-10-2-1-5-17-13(10)8-18/h3-4,6,10,13,17H,1-2,5,7-8H2/t10-,13+/m0/s1. The van der Waals surface area contributed by atoms with Crippen LogP contribution in [0.1, 0.15) is 23.2 Å². The highest BCUT2D eigenvalue weighted by Crippen LogP contribution is 2.28. The highest BCUT2D eigenvalue weighted by Gasteiger charge is 2.36. The Kier molecular flexibility index (Phi) is 3.70. The quantitative estimate of drug-likeness (QED) is 0.865. The van der Waals surface area contributed by atoms with Gasteiger partial charge in [-0.2, -0.15) is 0 Å². The van der Waals surface area contributed by atoms with Gasteiger partial charge in [0.1, 0.15) is 0 Å². The molecule has 2 atom stereocenters. The van der Waals surface area contributed by atoms with Gasteiger partial charge in [0.15, 0.2) is 0 Å². The van der Waals surface area contributed by atoms with E-state index >= 15 is 0 Å². The van der Waals surface area contributed by atoms with Crippen LogP contribution in [0.4, 0.5) is 0 Å². The van der Waals surface area contributed by atoms with E-state index in [-0.39, 0.29) is 5.91 Å². The first kappa shape index (κ1) is 13.2. The Bertz CT molecular complexity index is 492. The van der Waals surface area contributed by atoms with Crippen molar-refractivity contribution in [2.45, 2.75) is 18.9 Å². The lowest BCUT2D eigenvalue weighted by Gasteiger charge is -2.24. The summed E-state index contributed by atoms with van der Waals surface area (Å²) < 4.78 is 0. The Labute approximate surface area is 122 Å². The van der Waals surface area contributed by atoms with E-state index < -0.39 is 0 Å². The second-order valence-corrected chi connectivity index (χ2v) is 6.12. The first-order valence-electron chi connectivity index (χ1n) is 6.63. The fraction of sp³-hybridized carbons (Fsp3) is 0.500. The maximum absolute atomic E-state index is 12.5. The Hall–Kier alpha value is -0.770. The molecule has 0 unspecified atom stereocenters. The van der Waals surface area contributed by atoms with Gasteiger partial charge in [-0.25, -0.2) is 0 Å². The number of piperidine rings is 1. The van der Waals surface area contributed by atoms with Crippen molar-refractivity contribution in [3.63, 3.8) is 0 Å². The van der Waals surface area contributed by atoms with Crippen molar-refractivity contribution in [3.05, 3.63) is 33.8 Å². The highest BCUT2D eigenvalue weighted by atomic mass is 35.5. The Balaban J connectivity index is 1.75. The SMILES string of the molecule is O=C(c1ccc(Cl)c(Cl)c1)N1C[C@@H]2CCCN[C@@H]2C1. The first-order chi connectivity index (χ1) is 9.15. The molecule has 1 aromatic carbocycles. The molecule has 0 radical (unpaired) electrons. The molecule has 0 bridgehead atoms. The van der Waals surface area contributed by atoms with E-state index in [0.717, 1.165) is 19.6 Å². The average Bonchev–Trinajstić information content (AvgIpc) is 2.85. The normalized spacial score (nSPS) is 26.3. The maximum atomic E-state index is 12.5. The third-order valence-electron chi connectivity index (χ3n) is 4.05. The van der Waals surface area contributed by atoms with Crippen molar-refractivity contribution < 1.29 is 4.79 Å². The number of carbonyl (C=O) groups excluding carboxylic acids is 1. The van der Waals surface area contributed by atoms with Crippen LogP contribution in [0.15, 0.2) is 18.2 Å². The van der Waals surface area contributed by atoms with Crippen LogP contribution in [0, 0.1) is 5.92 Å². The molecule has 1 N–H and O–H groups in total. The lowest BCUT2D eigenvalue weighted by molar-refractivity contribution is 0.0785. The van der Waals surface area contributed by atoms with Crippen molar-refractivity contribution >= 4 is 29.1 Å². The lowest BCUT2D eigenvalue weighted by Crippen LogP contribution is -2.41. The van der Waals surface area contributed by atoms with Crippen LogP contribution < -0.4 is 5.32 Å². The second-order valence-electron chi connectivity index (χ2n) is 5.30. The van der Waals surface area contributed by atoms with Gasteiger partial charge in [-0.05, 0) is 43.5 Å². The summed E-state index contributed by atoms with van der Waals surface area (Å²) in [5.41, 5.74) is 0.619. The van der Waals surface area contributed by atoms with Gasteiger partial charge in [-0.1, -0.05) is 23.2 Å². The zero-order valence-electron chi connectivity index (χ0n) is 10.5. The summed E-state index contributed by atoms with van der Waals surface area (Å²) in [7, 11) is 0. The minimum atomic E-state index is 0.0507. The lowest BCUT2D eigenvalue weighted by atomic mass is 9.94. The number of amides is 1. The topological polar surface area (TPSA) is 32.3 Å². The van der Waals surface area contributed by atoms with E-state index in [1.807, 2.05) is 4.90 Å². The van der Waals surface area contributed by atoms with E-state index in [9.17, 15) is 4.79 Å². The molecule has 2 fully saturated rings. The highest BCUT2D eigenvalue weighted by molar-refractivity contribution is 6.42. The van der Waals surface area contributed by atoms with Crippen molar-refractivity contribution in [1.82, 2.24) is 10.2 Å². The van der Waals surface area contributed by atoms with Crippen LogP contribution >= 0.6 is 23.2 Å². The van der Waals surface area contributed by atoms with Crippen LogP contribution in [0.3, 0.4) is 0 Å². The third kappa shape index (κ3) is 2.60. The van der Waals surface area contributed by atoms with Crippen molar-refractivity contribution in [2.24, 2.45) is 5.92 Å². The largest absolute Gasteiger partial charge is 0.337 e. The molecule has 3 rings (SSSR count). The number of halogens is 2. The minimum Gasteiger partial charge on any atom is -0.337 e. The van der Waals surface area contributed by atoms with Gasteiger partial charge in [0.2, 0.25) is 0 Å². The van der Waals surface area contributed by atoms with E-state index in [0.29, 0.717) is 27.6 Å². The van der Waals surface area contributed by atoms with Crippen LogP contribution in [0.2, 0.25) is 10.0 Å². The second kappa shape index (κ2) is 5.31. The molecule has 2 saturated heterocycles. The predicted molar refractivity (Wildman–Crippen MR) is 76.9 cm³/mol. The predicted octanol–water partition coefficient (Wildman–Crippen LogP) is 2.82. The third-order valence-corrected chi connectivity index (χ3v) is 4.79.